The number of benzene rings is 2. The molecule has 4 aromatic rings. The summed E-state index contributed by atoms with van der Waals surface area (Å²) in [5, 5.41) is 5.56. The van der Waals surface area contributed by atoms with Gasteiger partial charge in [0.15, 0.2) is 11.5 Å². The number of anilines is 1. The molecule has 0 atom stereocenters. The van der Waals surface area contributed by atoms with E-state index in [0.29, 0.717) is 45.0 Å². The number of halogens is 1. The van der Waals surface area contributed by atoms with Gasteiger partial charge in [-0.05, 0) is 48.4 Å². The highest BCUT2D eigenvalue weighted by Crippen LogP contribution is 2.39. The van der Waals surface area contributed by atoms with E-state index >= 15 is 0 Å². The minimum absolute atomic E-state index is 0.169. The molecule has 0 aliphatic rings. The predicted octanol–water partition coefficient (Wildman–Crippen LogP) is 6.01. The summed E-state index contributed by atoms with van der Waals surface area (Å²) in [6.45, 7) is 2.09. The quantitative estimate of drug-likeness (QED) is 0.221. The first-order valence-electron chi connectivity index (χ1n) is 10.9. The van der Waals surface area contributed by atoms with Crippen LogP contribution in [-0.4, -0.2) is 32.7 Å². The van der Waals surface area contributed by atoms with E-state index in [2.05, 4.69) is 5.32 Å². The average molecular weight is 528 g/mol. The van der Waals surface area contributed by atoms with Crippen molar-refractivity contribution in [2.24, 2.45) is 0 Å². The zero-order valence-corrected chi connectivity index (χ0v) is 21.2. The zero-order valence-electron chi connectivity index (χ0n) is 19.7. The molecule has 0 saturated carbocycles. The fourth-order valence-electron chi connectivity index (χ4n) is 3.56. The lowest BCUT2D eigenvalue weighted by molar-refractivity contribution is 0.0507. The van der Waals surface area contributed by atoms with Crippen LogP contribution >= 0.6 is 22.9 Å². The van der Waals surface area contributed by atoms with E-state index < -0.39 is 17.5 Å². The van der Waals surface area contributed by atoms with Gasteiger partial charge < -0.3 is 23.9 Å². The van der Waals surface area contributed by atoms with Gasteiger partial charge >= 0.3 is 11.6 Å². The Labute approximate surface area is 215 Å². The van der Waals surface area contributed by atoms with E-state index in [1.165, 1.54) is 20.3 Å². The molecule has 0 radical (unpaired) electrons. The van der Waals surface area contributed by atoms with Crippen LogP contribution < -0.4 is 20.4 Å². The van der Waals surface area contributed by atoms with Crippen molar-refractivity contribution in [3.05, 3.63) is 74.4 Å². The van der Waals surface area contributed by atoms with Crippen LogP contribution in [0.1, 0.15) is 34.1 Å². The summed E-state index contributed by atoms with van der Waals surface area (Å²) in [4.78, 5) is 38.6. The number of thiophene rings is 1. The SMILES string of the molecule is CCCOC(=O)c1c(-c2ccc(OC)c(OC)c2)csc1NC(=O)c1cc2cc(Cl)ccc2oc1=O. The smallest absolute Gasteiger partial charge is 0.349 e. The van der Waals surface area contributed by atoms with Crippen LogP contribution in [0, 0.1) is 0 Å². The van der Waals surface area contributed by atoms with E-state index in [0.717, 1.165) is 11.3 Å². The highest BCUT2D eigenvalue weighted by molar-refractivity contribution is 7.15. The molecule has 36 heavy (non-hydrogen) atoms. The Hall–Kier alpha value is -3.82. The Morgan fingerprint density at radius 1 is 1.06 bits per heavy atom. The Kier molecular flexibility index (Phi) is 7.61. The van der Waals surface area contributed by atoms with Gasteiger partial charge in [-0.25, -0.2) is 9.59 Å². The maximum Gasteiger partial charge on any atom is 0.349 e. The molecule has 10 heteroatoms. The van der Waals surface area contributed by atoms with Gasteiger partial charge in [0.25, 0.3) is 5.91 Å². The van der Waals surface area contributed by atoms with Gasteiger partial charge in [0.1, 0.15) is 21.7 Å². The Morgan fingerprint density at radius 3 is 2.56 bits per heavy atom. The molecule has 0 saturated heterocycles. The van der Waals surface area contributed by atoms with Gasteiger partial charge in [-0.1, -0.05) is 24.6 Å². The summed E-state index contributed by atoms with van der Waals surface area (Å²) in [5.41, 5.74) is 0.633. The molecule has 0 aliphatic heterocycles. The molecule has 0 fully saturated rings. The zero-order chi connectivity index (χ0) is 25.8. The third-order valence-electron chi connectivity index (χ3n) is 5.29. The summed E-state index contributed by atoms with van der Waals surface area (Å²) in [6.07, 6.45) is 0.629. The lowest BCUT2D eigenvalue weighted by Gasteiger charge is -2.11. The number of methoxy groups -OCH3 is 2. The maximum absolute atomic E-state index is 13.1. The summed E-state index contributed by atoms with van der Waals surface area (Å²) >= 11 is 7.16. The highest BCUT2D eigenvalue weighted by Gasteiger charge is 2.25. The van der Waals surface area contributed by atoms with Crippen molar-refractivity contribution in [2.45, 2.75) is 13.3 Å². The van der Waals surface area contributed by atoms with Crippen LogP contribution in [0.2, 0.25) is 5.02 Å². The summed E-state index contributed by atoms with van der Waals surface area (Å²) in [7, 11) is 3.04. The van der Waals surface area contributed by atoms with Gasteiger partial charge in [-0.15, -0.1) is 11.3 Å². The second kappa shape index (κ2) is 10.8. The number of amides is 1. The van der Waals surface area contributed by atoms with Crippen LogP contribution in [0.4, 0.5) is 5.00 Å². The number of hydrogen-bond acceptors (Lipinski definition) is 8. The number of esters is 1. The van der Waals surface area contributed by atoms with E-state index in [9.17, 15) is 14.4 Å². The molecule has 0 spiro atoms. The maximum atomic E-state index is 13.1. The molecule has 2 heterocycles. The van der Waals surface area contributed by atoms with Gasteiger partial charge in [0, 0.05) is 21.4 Å². The first-order valence-corrected chi connectivity index (χ1v) is 12.2. The minimum Gasteiger partial charge on any atom is -0.493 e. The molecule has 186 valence electrons. The number of rotatable bonds is 8. The second-order valence-corrected chi connectivity index (χ2v) is 8.96. The monoisotopic (exact) mass is 527 g/mol. The van der Waals surface area contributed by atoms with E-state index in [-0.39, 0.29) is 22.7 Å². The van der Waals surface area contributed by atoms with Crippen molar-refractivity contribution in [3.63, 3.8) is 0 Å². The van der Waals surface area contributed by atoms with Crippen LogP contribution in [-0.2, 0) is 4.74 Å². The Morgan fingerprint density at radius 2 is 1.83 bits per heavy atom. The van der Waals surface area contributed by atoms with Crippen LogP contribution in [0.15, 0.2) is 57.1 Å². The summed E-state index contributed by atoms with van der Waals surface area (Å²) in [6, 6.07) is 11.3. The van der Waals surface area contributed by atoms with Crippen molar-refractivity contribution < 1.29 is 28.2 Å². The number of ether oxygens (including phenoxy) is 3. The minimum atomic E-state index is -0.811. The topological polar surface area (TPSA) is 104 Å². The molecule has 1 amide bonds. The van der Waals surface area contributed by atoms with E-state index in [1.54, 1.807) is 41.8 Å². The van der Waals surface area contributed by atoms with Crippen molar-refractivity contribution in [1.82, 2.24) is 0 Å². The number of fused-ring (bicyclic) bond motifs is 1. The Balaban J connectivity index is 1.75. The standard InChI is InChI=1S/C26H22ClNO7S/c1-4-9-34-26(31)22-18(14-5-7-20(32-2)21(12-14)33-3)13-36-24(22)28-23(29)17-11-15-10-16(27)6-8-19(15)35-25(17)30/h5-8,10-13H,4,9H2,1-3H3,(H,28,29). The number of carbonyl (C=O) groups is 2. The fraction of sp³-hybridized carbons (Fsp3) is 0.192. The molecule has 1 N–H and O–H groups in total. The molecular formula is C26H22ClNO7S. The van der Waals surface area contributed by atoms with Crippen molar-refractivity contribution in [2.75, 3.05) is 26.1 Å². The van der Waals surface area contributed by atoms with Gasteiger partial charge in [-0.2, -0.15) is 0 Å². The molecule has 0 bridgehead atoms. The lowest BCUT2D eigenvalue weighted by atomic mass is 10.0. The number of hydrogen-bond donors (Lipinski definition) is 1. The van der Waals surface area contributed by atoms with Crippen molar-refractivity contribution in [1.29, 1.82) is 0 Å². The molecular weight excluding hydrogens is 506 g/mol. The first kappa shape index (κ1) is 25.3. The highest BCUT2D eigenvalue weighted by atomic mass is 35.5. The predicted molar refractivity (Wildman–Crippen MR) is 139 cm³/mol. The second-order valence-electron chi connectivity index (χ2n) is 7.64. The molecule has 0 aliphatic carbocycles. The molecule has 0 unspecified atom stereocenters. The van der Waals surface area contributed by atoms with Crippen LogP contribution in [0.5, 0.6) is 11.5 Å². The van der Waals surface area contributed by atoms with Gasteiger partial charge in [0.2, 0.25) is 0 Å². The summed E-state index contributed by atoms with van der Waals surface area (Å²) in [5.74, 6) is -0.318. The molecule has 2 aromatic heterocycles. The van der Waals surface area contributed by atoms with Gasteiger partial charge in [0.05, 0.1) is 20.8 Å². The first-order chi connectivity index (χ1) is 17.4. The van der Waals surface area contributed by atoms with Crippen molar-refractivity contribution >= 4 is 50.8 Å². The molecule has 8 nitrogen and oxygen atoms in total. The number of nitrogens with one attached hydrogen (secondary N) is 1. The van der Waals surface area contributed by atoms with Crippen molar-refractivity contribution in [3.8, 4) is 22.6 Å². The van der Waals surface area contributed by atoms with E-state index in [1.807, 2.05) is 6.92 Å². The molecule has 2 aromatic carbocycles. The fourth-order valence-corrected chi connectivity index (χ4v) is 4.69. The van der Waals surface area contributed by atoms with E-state index in [4.69, 9.17) is 30.2 Å². The number of carbonyl (C=O) groups excluding carboxylic acids is 2. The third-order valence-corrected chi connectivity index (χ3v) is 6.42. The van der Waals surface area contributed by atoms with Crippen LogP contribution in [0.3, 0.4) is 0 Å². The average Bonchev–Trinajstić information content (AvgIpc) is 3.29. The Bertz CT molecular complexity index is 1510. The molecule has 4 rings (SSSR count). The summed E-state index contributed by atoms with van der Waals surface area (Å²) < 4.78 is 21.3. The van der Waals surface area contributed by atoms with Crippen LogP contribution in [0.25, 0.3) is 22.1 Å². The lowest BCUT2D eigenvalue weighted by Crippen LogP contribution is -2.21. The largest absolute Gasteiger partial charge is 0.493 e. The van der Waals surface area contributed by atoms with Gasteiger partial charge in [-0.3, -0.25) is 4.79 Å². The third kappa shape index (κ3) is 5.07. The normalized spacial score (nSPS) is 10.8.